The highest BCUT2D eigenvalue weighted by Crippen LogP contribution is 2.32. The van der Waals surface area contributed by atoms with Gasteiger partial charge < -0.3 is 10.1 Å². The van der Waals surface area contributed by atoms with Gasteiger partial charge in [-0.15, -0.1) is 0 Å². The number of hydrogen-bond acceptors (Lipinski definition) is 5. The van der Waals surface area contributed by atoms with Crippen molar-refractivity contribution in [2.45, 2.75) is 50.8 Å². The summed E-state index contributed by atoms with van der Waals surface area (Å²) in [5.41, 5.74) is 0. The SMILES string of the molecule is CCCNC1CCC(S(=O)(=O)CCC(=O)OC)C1C. The highest BCUT2D eigenvalue weighted by atomic mass is 32.2. The van der Waals surface area contributed by atoms with Gasteiger partial charge in [0.1, 0.15) is 0 Å². The van der Waals surface area contributed by atoms with Crippen LogP contribution in [0, 0.1) is 5.92 Å². The van der Waals surface area contributed by atoms with Crippen LogP contribution in [0.5, 0.6) is 0 Å². The van der Waals surface area contributed by atoms with Crippen molar-refractivity contribution in [3.63, 3.8) is 0 Å². The molecule has 6 heteroatoms. The van der Waals surface area contributed by atoms with Gasteiger partial charge in [-0.1, -0.05) is 13.8 Å². The molecular weight excluding hydrogens is 266 g/mol. The third kappa shape index (κ3) is 4.45. The van der Waals surface area contributed by atoms with Crippen LogP contribution in [0.25, 0.3) is 0 Å². The minimum atomic E-state index is -3.21. The van der Waals surface area contributed by atoms with E-state index in [9.17, 15) is 13.2 Å². The van der Waals surface area contributed by atoms with Crippen molar-refractivity contribution in [3.05, 3.63) is 0 Å². The van der Waals surface area contributed by atoms with Crippen molar-refractivity contribution in [1.82, 2.24) is 5.32 Å². The Balaban J connectivity index is 2.57. The minimum Gasteiger partial charge on any atom is -0.469 e. The zero-order chi connectivity index (χ0) is 14.5. The summed E-state index contributed by atoms with van der Waals surface area (Å²) in [6.07, 6.45) is 2.58. The third-order valence-corrected chi connectivity index (χ3v) is 6.28. The second-order valence-corrected chi connectivity index (χ2v) is 7.57. The Kier molecular flexibility index (Phi) is 6.26. The zero-order valence-corrected chi connectivity index (χ0v) is 12.8. The van der Waals surface area contributed by atoms with E-state index in [0.29, 0.717) is 6.42 Å². The van der Waals surface area contributed by atoms with E-state index in [1.807, 2.05) is 6.92 Å². The molecule has 0 amide bonds. The molecule has 1 rings (SSSR count). The normalized spacial score (nSPS) is 27.4. The van der Waals surface area contributed by atoms with Gasteiger partial charge in [0.2, 0.25) is 0 Å². The van der Waals surface area contributed by atoms with Crippen LogP contribution in [0.4, 0.5) is 0 Å². The lowest BCUT2D eigenvalue weighted by Crippen LogP contribution is -2.37. The standard InChI is InChI=1S/C13H25NO4S/c1-4-8-14-11-5-6-12(10(11)2)19(16,17)9-7-13(15)18-3/h10-12,14H,4-9H2,1-3H3. The Morgan fingerprint density at radius 2 is 2.05 bits per heavy atom. The summed E-state index contributed by atoms with van der Waals surface area (Å²) in [4.78, 5) is 11.1. The molecular formula is C13H25NO4S. The van der Waals surface area contributed by atoms with Crippen molar-refractivity contribution in [1.29, 1.82) is 0 Å². The van der Waals surface area contributed by atoms with E-state index < -0.39 is 15.8 Å². The Hall–Kier alpha value is -0.620. The van der Waals surface area contributed by atoms with Gasteiger partial charge in [0, 0.05) is 6.04 Å². The van der Waals surface area contributed by atoms with Crippen LogP contribution in [0.3, 0.4) is 0 Å². The molecule has 0 saturated heterocycles. The third-order valence-electron chi connectivity index (χ3n) is 3.92. The van der Waals surface area contributed by atoms with E-state index in [0.717, 1.165) is 19.4 Å². The molecule has 1 aliphatic rings. The van der Waals surface area contributed by atoms with Crippen LogP contribution in [0.2, 0.25) is 0 Å². The Morgan fingerprint density at radius 1 is 1.37 bits per heavy atom. The molecule has 3 atom stereocenters. The molecule has 0 radical (unpaired) electrons. The number of carbonyl (C=O) groups excluding carboxylic acids is 1. The number of esters is 1. The highest BCUT2D eigenvalue weighted by molar-refractivity contribution is 7.92. The van der Waals surface area contributed by atoms with Crippen LogP contribution in [-0.2, 0) is 19.4 Å². The predicted molar refractivity (Wildman–Crippen MR) is 74.7 cm³/mol. The number of carbonyl (C=O) groups is 1. The van der Waals surface area contributed by atoms with E-state index >= 15 is 0 Å². The summed E-state index contributed by atoms with van der Waals surface area (Å²) in [5, 5.41) is 3.08. The van der Waals surface area contributed by atoms with Gasteiger partial charge in [0.15, 0.2) is 9.84 Å². The lowest BCUT2D eigenvalue weighted by molar-refractivity contribution is -0.140. The first-order chi connectivity index (χ1) is 8.92. The van der Waals surface area contributed by atoms with Crippen molar-refractivity contribution in [3.8, 4) is 0 Å². The van der Waals surface area contributed by atoms with Gasteiger partial charge in [-0.25, -0.2) is 8.42 Å². The average molecular weight is 291 g/mol. The first kappa shape index (κ1) is 16.4. The molecule has 3 unspecified atom stereocenters. The molecule has 0 bridgehead atoms. The average Bonchev–Trinajstić information content (AvgIpc) is 2.75. The number of rotatable bonds is 7. The first-order valence-corrected chi connectivity index (χ1v) is 8.65. The van der Waals surface area contributed by atoms with Crippen molar-refractivity contribution in [2.24, 2.45) is 5.92 Å². The summed E-state index contributed by atoms with van der Waals surface area (Å²) in [7, 11) is -1.94. The maximum absolute atomic E-state index is 12.2. The topological polar surface area (TPSA) is 72.5 Å². The number of ether oxygens (including phenoxy) is 1. The van der Waals surface area contributed by atoms with E-state index in [2.05, 4.69) is 17.0 Å². The first-order valence-electron chi connectivity index (χ1n) is 6.94. The maximum Gasteiger partial charge on any atom is 0.306 e. The fourth-order valence-corrected chi connectivity index (χ4v) is 4.82. The molecule has 1 N–H and O–H groups in total. The van der Waals surface area contributed by atoms with E-state index in [1.54, 1.807) is 0 Å². The largest absolute Gasteiger partial charge is 0.469 e. The Labute approximate surface area is 116 Å². The lowest BCUT2D eigenvalue weighted by atomic mass is 10.1. The van der Waals surface area contributed by atoms with Gasteiger partial charge in [-0.2, -0.15) is 0 Å². The summed E-state index contributed by atoms with van der Waals surface area (Å²) in [5.74, 6) is -0.459. The number of nitrogens with one attached hydrogen (secondary N) is 1. The summed E-state index contributed by atoms with van der Waals surface area (Å²) >= 11 is 0. The van der Waals surface area contributed by atoms with Gasteiger partial charge in [-0.05, 0) is 31.7 Å². The van der Waals surface area contributed by atoms with Crippen LogP contribution >= 0.6 is 0 Å². The molecule has 0 aromatic carbocycles. The Morgan fingerprint density at radius 3 is 2.63 bits per heavy atom. The van der Waals surface area contributed by atoms with E-state index in [4.69, 9.17) is 0 Å². The second-order valence-electron chi connectivity index (χ2n) is 5.23. The van der Waals surface area contributed by atoms with Gasteiger partial charge >= 0.3 is 5.97 Å². The molecule has 1 fully saturated rings. The molecule has 19 heavy (non-hydrogen) atoms. The molecule has 0 aromatic heterocycles. The molecule has 0 aromatic rings. The maximum atomic E-state index is 12.2. The summed E-state index contributed by atoms with van der Waals surface area (Å²) < 4.78 is 29.0. The fraction of sp³-hybridized carbons (Fsp3) is 0.923. The van der Waals surface area contributed by atoms with Crippen LogP contribution in [-0.4, -0.2) is 45.1 Å². The quantitative estimate of drug-likeness (QED) is 0.712. The van der Waals surface area contributed by atoms with Crippen LogP contribution < -0.4 is 5.32 Å². The Bertz CT molecular complexity index is 393. The monoisotopic (exact) mass is 291 g/mol. The molecule has 112 valence electrons. The predicted octanol–water partition coefficient (Wildman–Crippen LogP) is 1.13. The van der Waals surface area contributed by atoms with Crippen molar-refractivity contribution >= 4 is 15.8 Å². The van der Waals surface area contributed by atoms with Gasteiger partial charge in [0.05, 0.1) is 24.5 Å². The van der Waals surface area contributed by atoms with Crippen molar-refractivity contribution in [2.75, 3.05) is 19.4 Å². The molecule has 1 saturated carbocycles. The molecule has 0 spiro atoms. The highest BCUT2D eigenvalue weighted by Gasteiger charge is 2.40. The number of methoxy groups -OCH3 is 1. The summed E-state index contributed by atoms with van der Waals surface area (Å²) in [6.45, 7) is 5.00. The summed E-state index contributed by atoms with van der Waals surface area (Å²) in [6, 6.07) is 0.276. The van der Waals surface area contributed by atoms with Gasteiger partial charge in [0.25, 0.3) is 0 Å². The second kappa shape index (κ2) is 7.24. The number of sulfone groups is 1. The van der Waals surface area contributed by atoms with E-state index in [1.165, 1.54) is 7.11 Å². The minimum absolute atomic E-state index is 0.0465. The van der Waals surface area contributed by atoms with E-state index in [-0.39, 0.29) is 29.4 Å². The van der Waals surface area contributed by atoms with Crippen LogP contribution in [0.15, 0.2) is 0 Å². The van der Waals surface area contributed by atoms with Crippen LogP contribution in [0.1, 0.15) is 39.5 Å². The number of hydrogen-bond donors (Lipinski definition) is 1. The molecule has 0 aliphatic heterocycles. The fourth-order valence-electron chi connectivity index (χ4n) is 2.73. The molecule has 5 nitrogen and oxygen atoms in total. The molecule has 0 heterocycles. The molecule has 1 aliphatic carbocycles. The van der Waals surface area contributed by atoms with Crippen molar-refractivity contribution < 1.29 is 17.9 Å². The lowest BCUT2D eigenvalue weighted by Gasteiger charge is -2.21. The zero-order valence-electron chi connectivity index (χ0n) is 12.0. The van der Waals surface area contributed by atoms with Gasteiger partial charge in [-0.3, -0.25) is 4.79 Å². The smallest absolute Gasteiger partial charge is 0.306 e.